The van der Waals surface area contributed by atoms with E-state index in [-0.39, 0.29) is 12.5 Å². The van der Waals surface area contributed by atoms with Crippen LogP contribution in [0.5, 0.6) is 0 Å². The molecular formula is C22H25N5O. The summed E-state index contributed by atoms with van der Waals surface area (Å²) in [7, 11) is 0. The van der Waals surface area contributed by atoms with Crippen LogP contribution in [0.4, 0.5) is 5.69 Å². The summed E-state index contributed by atoms with van der Waals surface area (Å²) in [5.74, 6) is 2.02. The third kappa shape index (κ3) is 4.11. The SMILES string of the molecule is Cc1ccccc1NC(=O)Cn1ccnc1-c1cnc(C2CCCCC2)nc1. The first-order chi connectivity index (χ1) is 13.7. The molecule has 4 rings (SSSR count). The van der Waals surface area contributed by atoms with Gasteiger partial charge in [-0.15, -0.1) is 0 Å². The second-order valence-electron chi connectivity index (χ2n) is 7.41. The van der Waals surface area contributed by atoms with Gasteiger partial charge in [0.05, 0.1) is 5.56 Å². The molecule has 1 aliphatic rings. The van der Waals surface area contributed by atoms with E-state index in [1.165, 1.54) is 32.1 Å². The van der Waals surface area contributed by atoms with Crippen LogP contribution in [0.1, 0.15) is 49.4 Å². The molecule has 0 spiro atoms. The van der Waals surface area contributed by atoms with Crippen molar-refractivity contribution in [2.24, 2.45) is 0 Å². The lowest BCUT2D eigenvalue weighted by Gasteiger charge is -2.20. The van der Waals surface area contributed by atoms with E-state index in [9.17, 15) is 4.79 Å². The van der Waals surface area contributed by atoms with Gasteiger partial charge in [0.15, 0.2) is 0 Å². The lowest BCUT2D eigenvalue weighted by atomic mass is 9.89. The molecule has 1 fully saturated rings. The molecular weight excluding hydrogens is 350 g/mol. The highest BCUT2D eigenvalue weighted by Gasteiger charge is 2.18. The average molecular weight is 375 g/mol. The molecule has 0 saturated heterocycles. The van der Waals surface area contributed by atoms with Gasteiger partial charge in [0.2, 0.25) is 5.91 Å². The topological polar surface area (TPSA) is 72.7 Å². The van der Waals surface area contributed by atoms with Gasteiger partial charge in [-0.1, -0.05) is 37.5 Å². The van der Waals surface area contributed by atoms with Crippen LogP contribution in [0.15, 0.2) is 49.1 Å². The number of anilines is 1. The monoisotopic (exact) mass is 375 g/mol. The van der Waals surface area contributed by atoms with Crippen LogP contribution in [0.2, 0.25) is 0 Å². The van der Waals surface area contributed by atoms with Crippen molar-refractivity contribution in [1.29, 1.82) is 0 Å². The Kier molecular flexibility index (Phi) is 5.46. The largest absolute Gasteiger partial charge is 0.324 e. The van der Waals surface area contributed by atoms with Gasteiger partial charge in [-0.05, 0) is 31.4 Å². The number of aryl methyl sites for hydroxylation is 1. The summed E-state index contributed by atoms with van der Waals surface area (Å²) >= 11 is 0. The summed E-state index contributed by atoms with van der Waals surface area (Å²) in [5, 5.41) is 2.96. The molecule has 1 aromatic carbocycles. The maximum absolute atomic E-state index is 12.5. The molecule has 2 aromatic heterocycles. The van der Waals surface area contributed by atoms with Gasteiger partial charge >= 0.3 is 0 Å². The summed E-state index contributed by atoms with van der Waals surface area (Å²) in [5.41, 5.74) is 2.69. The summed E-state index contributed by atoms with van der Waals surface area (Å²) in [6, 6.07) is 7.75. The lowest BCUT2D eigenvalue weighted by molar-refractivity contribution is -0.116. The Balaban J connectivity index is 1.46. The molecule has 2 heterocycles. The van der Waals surface area contributed by atoms with Gasteiger partial charge < -0.3 is 9.88 Å². The van der Waals surface area contributed by atoms with E-state index in [0.29, 0.717) is 11.7 Å². The number of carbonyl (C=O) groups is 1. The van der Waals surface area contributed by atoms with Crippen molar-refractivity contribution in [3.63, 3.8) is 0 Å². The van der Waals surface area contributed by atoms with Gasteiger partial charge in [-0.25, -0.2) is 15.0 Å². The molecule has 1 N–H and O–H groups in total. The summed E-state index contributed by atoms with van der Waals surface area (Å²) in [4.78, 5) is 26.1. The van der Waals surface area contributed by atoms with Gasteiger partial charge in [0.1, 0.15) is 18.2 Å². The van der Waals surface area contributed by atoms with Gasteiger partial charge in [0.25, 0.3) is 0 Å². The van der Waals surface area contributed by atoms with Crippen molar-refractivity contribution in [3.05, 3.63) is 60.4 Å². The number of nitrogens with one attached hydrogen (secondary N) is 1. The van der Waals surface area contributed by atoms with Crippen LogP contribution in [-0.4, -0.2) is 25.4 Å². The zero-order valence-corrected chi connectivity index (χ0v) is 16.1. The minimum absolute atomic E-state index is 0.0895. The lowest BCUT2D eigenvalue weighted by Crippen LogP contribution is -2.19. The number of aromatic nitrogens is 4. The fourth-order valence-corrected chi connectivity index (χ4v) is 3.78. The van der Waals surface area contributed by atoms with E-state index in [0.717, 1.165) is 22.6 Å². The zero-order chi connectivity index (χ0) is 19.3. The maximum atomic E-state index is 12.5. The molecule has 1 aliphatic carbocycles. The van der Waals surface area contributed by atoms with Crippen LogP contribution in [0.3, 0.4) is 0 Å². The standard InChI is InChI=1S/C22H25N5O/c1-16-7-5-6-10-19(16)26-20(28)15-27-12-11-23-22(27)18-13-24-21(25-14-18)17-8-3-2-4-9-17/h5-7,10-14,17H,2-4,8-9,15H2,1H3,(H,26,28). The van der Waals surface area contributed by atoms with E-state index >= 15 is 0 Å². The number of hydrogen-bond acceptors (Lipinski definition) is 4. The Bertz CT molecular complexity index is 942. The average Bonchev–Trinajstić information content (AvgIpc) is 3.18. The zero-order valence-electron chi connectivity index (χ0n) is 16.1. The number of para-hydroxylation sites is 1. The molecule has 6 heteroatoms. The molecule has 6 nitrogen and oxygen atoms in total. The molecule has 0 aliphatic heterocycles. The van der Waals surface area contributed by atoms with Gasteiger partial charge in [0, 0.05) is 36.4 Å². The predicted molar refractivity (Wildman–Crippen MR) is 109 cm³/mol. The smallest absolute Gasteiger partial charge is 0.244 e. The Labute approximate surface area is 165 Å². The molecule has 1 saturated carbocycles. The van der Waals surface area contributed by atoms with Crippen LogP contribution in [0.25, 0.3) is 11.4 Å². The Morgan fingerprint density at radius 1 is 1.11 bits per heavy atom. The molecule has 144 valence electrons. The van der Waals surface area contributed by atoms with Crippen LogP contribution in [0, 0.1) is 6.92 Å². The summed E-state index contributed by atoms with van der Waals surface area (Å²) in [6.07, 6.45) is 13.3. The van der Waals surface area contributed by atoms with E-state index < -0.39 is 0 Å². The van der Waals surface area contributed by atoms with Crippen LogP contribution >= 0.6 is 0 Å². The van der Waals surface area contributed by atoms with E-state index in [4.69, 9.17) is 0 Å². The highest BCUT2D eigenvalue weighted by molar-refractivity contribution is 5.91. The molecule has 0 unspecified atom stereocenters. The molecule has 0 atom stereocenters. The third-order valence-corrected chi connectivity index (χ3v) is 5.35. The third-order valence-electron chi connectivity index (χ3n) is 5.35. The highest BCUT2D eigenvalue weighted by atomic mass is 16.1. The minimum atomic E-state index is -0.0895. The summed E-state index contributed by atoms with van der Waals surface area (Å²) in [6.45, 7) is 2.16. The predicted octanol–water partition coefficient (Wildman–Crippen LogP) is 4.33. The minimum Gasteiger partial charge on any atom is -0.324 e. The van der Waals surface area contributed by atoms with Crippen molar-refractivity contribution in [3.8, 4) is 11.4 Å². The Morgan fingerprint density at radius 2 is 1.86 bits per heavy atom. The van der Waals surface area contributed by atoms with E-state index in [2.05, 4.69) is 20.3 Å². The number of amides is 1. The summed E-state index contributed by atoms with van der Waals surface area (Å²) < 4.78 is 1.83. The maximum Gasteiger partial charge on any atom is 0.244 e. The quantitative estimate of drug-likeness (QED) is 0.720. The first kappa shape index (κ1) is 18.3. The van der Waals surface area contributed by atoms with Crippen molar-refractivity contribution in [2.75, 3.05) is 5.32 Å². The number of imidazole rings is 1. The van der Waals surface area contributed by atoms with Crippen molar-refractivity contribution in [2.45, 2.75) is 51.5 Å². The second-order valence-corrected chi connectivity index (χ2v) is 7.41. The molecule has 0 bridgehead atoms. The molecule has 3 aromatic rings. The van der Waals surface area contributed by atoms with Crippen LogP contribution in [-0.2, 0) is 11.3 Å². The number of hydrogen-bond donors (Lipinski definition) is 1. The molecule has 0 radical (unpaired) electrons. The van der Waals surface area contributed by atoms with Crippen molar-refractivity contribution in [1.82, 2.24) is 19.5 Å². The van der Waals surface area contributed by atoms with E-state index in [1.54, 1.807) is 6.20 Å². The fourth-order valence-electron chi connectivity index (χ4n) is 3.78. The Morgan fingerprint density at radius 3 is 2.61 bits per heavy atom. The van der Waals surface area contributed by atoms with Crippen molar-refractivity contribution < 1.29 is 4.79 Å². The first-order valence-electron chi connectivity index (χ1n) is 9.89. The van der Waals surface area contributed by atoms with Crippen molar-refractivity contribution >= 4 is 11.6 Å². The number of benzene rings is 1. The van der Waals surface area contributed by atoms with E-state index in [1.807, 2.05) is 54.3 Å². The molecule has 28 heavy (non-hydrogen) atoms. The Hall–Kier alpha value is -3.02. The number of nitrogens with zero attached hydrogens (tertiary/aromatic N) is 4. The molecule has 1 amide bonds. The van der Waals surface area contributed by atoms with Crippen LogP contribution < -0.4 is 5.32 Å². The number of rotatable bonds is 5. The first-order valence-corrected chi connectivity index (χ1v) is 9.89. The van der Waals surface area contributed by atoms with Gasteiger partial charge in [-0.2, -0.15) is 0 Å². The van der Waals surface area contributed by atoms with Gasteiger partial charge in [-0.3, -0.25) is 4.79 Å². The fraction of sp³-hybridized carbons (Fsp3) is 0.364. The normalized spacial score (nSPS) is 14.8. The number of carbonyl (C=O) groups excluding carboxylic acids is 1. The second kappa shape index (κ2) is 8.33. The highest BCUT2D eigenvalue weighted by Crippen LogP contribution is 2.30.